The molecule has 4 aliphatic heterocycles. The maximum atomic E-state index is 11.0. The lowest BCUT2D eigenvalue weighted by molar-refractivity contribution is -0.140. The fraction of sp³-hybridized carbons (Fsp3) is 0.900. The van der Waals surface area contributed by atoms with E-state index in [1.165, 1.54) is 0 Å². The normalized spacial score (nSPS) is 52.1. The van der Waals surface area contributed by atoms with Crippen LogP contribution in [-0.2, 0) is 4.79 Å². The molecule has 5 heteroatoms. The summed E-state index contributed by atoms with van der Waals surface area (Å²) in [6, 6.07) is 0. The van der Waals surface area contributed by atoms with Gasteiger partial charge in [-0.3, -0.25) is 4.79 Å². The molecule has 4 fully saturated rings. The Morgan fingerprint density at radius 2 is 2.00 bits per heavy atom. The molecule has 2 unspecified atom stereocenters. The lowest BCUT2D eigenvalue weighted by atomic mass is 9.74. The predicted octanol–water partition coefficient (Wildman–Crippen LogP) is 3.23. The number of rotatable bonds is 2. The summed E-state index contributed by atoms with van der Waals surface area (Å²) in [5.74, 6) is -0.611. The Morgan fingerprint density at radius 3 is 2.47 bits per heavy atom. The van der Waals surface area contributed by atoms with Gasteiger partial charge in [0.25, 0.3) is 0 Å². The van der Waals surface area contributed by atoms with Gasteiger partial charge in [-0.15, -0.1) is 35.3 Å². The first kappa shape index (κ1) is 10.7. The maximum Gasteiger partial charge on any atom is 0.303 e. The predicted molar refractivity (Wildman–Crippen MR) is 67.3 cm³/mol. The van der Waals surface area contributed by atoms with Crippen LogP contribution >= 0.6 is 35.3 Å². The van der Waals surface area contributed by atoms with Crippen LogP contribution in [-0.4, -0.2) is 24.3 Å². The highest BCUT2D eigenvalue weighted by Gasteiger charge is 2.58. The molecule has 0 saturated carbocycles. The molecule has 4 heterocycles. The average Bonchev–Trinajstić information content (AvgIpc) is 1.94. The van der Waals surface area contributed by atoms with Crippen molar-refractivity contribution in [2.45, 2.75) is 45.9 Å². The second-order valence-corrected chi connectivity index (χ2v) is 10.7. The van der Waals surface area contributed by atoms with E-state index in [1.54, 1.807) is 0 Å². The minimum Gasteiger partial charge on any atom is -0.481 e. The van der Waals surface area contributed by atoms with Gasteiger partial charge in [-0.1, -0.05) is 0 Å². The molecular weight excluding hydrogens is 248 g/mol. The van der Waals surface area contributed by atoms with E-state index in [9.17, 15) is 4.79 Å². The van der Waals surface area contributed by atoms with Gasteiger partial charge in [0.1, 0.15) is 0 Å². The number of carbonyl (C=O) groups is 1. The largest absolute Gasteiger partial charge is 0.481 e. The van der Waals surface area contributed by atoms with Gasteiger partial charge >= 0.3 is 5.97 Å². The molecule has 4 aliphatic rings. The first-order valence-electron chi connectivity index (χ1n) is 5.22. The van der Waals surface area contributed by atoms with Crippen molar-refractivity contribution in [1.29, 1.82) is 0 Å². The molecule has 2 atom stereocenters. The third kappa shape index (κ3) is 1.80. The summed E-state index contributed by atoms with van der Waals surface area (Å²) in [6.45, 7) is 2.30. The Hall–Kier alpha value is 0.520. The van der Waals surface area contributed by atoms with Crippen molar-refractivity contribution in [2.75, 3.05) is 0 Å². The first-order chi connectivity index (χ1) is 6.99. The molecule has 4 bridgehead atoms. The molecular formula is C10H14O2S3. The zero-order chi connectivity index (χ0) is 10.7. The zero-order valence-electron chi connectivity index (χ0n) is 8.56. The van der Waals surface area contributed by atoms with Crippen molar-refractivity contribution in [1.82, 2.24) is 0 Å². The first-order valence-corrected chi connectivity index (χ1v) is 7.92. The van der Waals surface area contributed by atoms with Crippen LogP contribution in [0.5, 0.6) is 0 Å². The Bertz CT molecular complexity index is 304. The second kappa shape index (κ2) is 3.26. The van der Waals surface area contributed by atoms with E-state index in [-0.39, 0.29) is 5.41 Å². The molecule has 84 valence electrons. The van der Waals surface area contributed by atoms with Crippen LogP contribution in [0.3, 0.4) is 0 Å². The average molecular weight is 262 g/mol. The number of hydrogen-bond acceptors (Lipinski definition) is 4. The molecule has 0 amide bonds. The molecule has 4 rings (SSSR count). The lowest BCUT2D eigenvalue weighted by Crippen LogP contribution is -2.50. The van der Waals surface area contributed by atoms with E-state index in [4.69, 9.17) is 5.11 Å². The van der Waals surface area contributed by atoms with Gasteiger partial charge in [0.2, 0.25) is 0 Å². The summed E-state index contributed by atoms with van der Waals surface area (Å²) in [5, 5.41) is 9.04. The van der Waals surface area contributed by atoms with Crippen LogP contribution in [0, 0.1) is 5.41 Å². The lowest BCUT2D eigenvalue weighted by Gasteiger charge is -2.59. The van der Waals surface area contributed by atoms with Crippen molar-refractivity contribution >= 4 is 41.3 Å². The van der Waals surface area contributed by atoms with Gasteiger partial charge in [0, 0.05) is 0 Å². The number of carboxylic acid groups (broad SMARTS) is 1. The Morgan fingerprint density at radius 1 is 1.40 bits per heavy atom. The monoisotopic (exact) mass is 262 g/mol. The Kier molecular flexibility index (Phi) is 2.32. The number of carboxylic acids is 1. The summed E-state index contributed by atoms with van der Waals surface area (Å²) in [6.07, 6.45) is 3.70. The molecule has 4 saturated heterocycles. The summed E-state index contributed by atoms with van der Waals surface area (Å²) in [7, 11) is 0. The van der Waals surface area contributed by atoms with Crippen LogP contribution in [0.2, 0.25) is 0 Å². The Balaban J connectivity index is 1.89. The molecule has 0 aromatic carbocycles. The quantitative estimate of drug-likeness (QED) is 0.827. The number of thioether (sulfide) groups is 3. The van der Waals surface area contributed by atoms with Gasteiger partial charge in [-0.05, 0) is 31.6 Å². The summed E-state index contributed by atoms with van der Waals surface area (Å²) in [5.41, 5.74) is 0.123. The maximum absolute atomic E-state index is 11.0. The summed E-state index contributed by atoms with van der Waals surface area (Å²) < 4.78 is 1.61. The van der Waals surface area contributed by atoms with Crippen LogP contribution in [0.4, 0.5) is 0 Å². The molecule has 0 aliphatic carbocycles. The molecule has 0 aromatic rings. The fourth-order valence-corrected chi connectivity index (χ4v) is 11.2. The molecule has 2 nitrogen and oxygen atoms in total. The van der Waals surface area contributed by atoms with E-state index >= 15 is 0 Å². The second-order valence-electron chi connectivity index (χ2n) is 5.02. The van der Waals surface area contributed by atoms with Crippen molar-refractivity contribution in [3.63, 3.8) is 0 Å². The van der Waals surface area contributed by atoms with Crippen molar-refractivity contribution in [3.05, 3.63) is 0 Å². The van der Waals surface area contributed by atoms with Crippen LogP contribution in [0.15, 0.2) is 0 Å². The van der Waals surface area contributed by atoms with E-state index in [0.29, 0.717) is 19.7 Å². The molecule has 0 aromatic heterocycles. The third-order valence-corrected chi connectivity index (χ3v) is 8.39. The topological polar surface area (TPSA) is 37.3 Å². The standard InChI is InChI=1S/C10H14O2S3/c1-9-5-10(2-6(11)12)3-7(14-9)13-8(4-10)15-9/h7-8H,2-5H2,1H3,(H,11,12). The molecule has 15 heavy (non-hydrogen) atoms. The Labute approximate surface area is 102 Å². The zero-order valence-corrected chi connectivity index (χ0v) is 11.0. The van der Waals surface area contributed by atoms with E-state index < -0.39 is 5.97 Å². The minimum absolute atomic E-state index is 0.123. The number of hydrogen-bond donors (Lipinski definition) is 1. The van der Waals surface area contributed by atoms with Gasteiger partial charge in [-0.25, -0.2) is 0 Å². The number of aliphatic carboxylic acids is 1. The fourth-order valence-electron chi connectivity index (χ4n) is 3.22. The summed E-state index contributed by atoms with van der Waals surface area (Å²) in [4.78, 5) is 11.0. The van der Waals surface area contributed by atoms with Crippen molar-refractivity contribution < 1.29 is 9.90 Å². The SMILES string of the molecule is CC12CC3(CC(=O)O)CC(SC(C3)S1)S2. The minimum atomic E-state index is -0.611. The highest BCUT2D eigenvalue weighted by atomic mass is 32.3. The van der Waals surface area contributed by atoms with Crippen LogP contribution in [0.1, 0.15) is 32.6 Å². The highest BCUT2D eigenvalue weighted by molar-refractivity contribution is 8.34. The van der Waals surface area contributed by atoms with Crippen LogP contribution < -0.4 is 0 Å². The van der Waals surface area contributed by atoms with Crippen LogP contribution in [0.25, 0.3) is 0 Å². The molecule has 1 N–H and O–H groups in total. The van der Waals surface area contributed by atoms with E-state index in [0.717, 1.165) is 19.3 Å². The summed E-state index contributed by atoms with van der Waals surface area (Å²) >= 11 is 6.20. The highest BCUT2D eigenvalue weighted by Crippen LogP contribution is 2.71. The van der Waals surface area contributed by atoms with Crippen molar-refractivity contribution in [2.24, 2.45) is 5.41 Å². The molecule has 0 radical (unpaired) electrons. The van der Waals surface area contributed by atoms with Crippen molar-refractivity contribution in [3.8, 4) is 0 Å². The smallest absolute Gasteiger partial charge is 0.303 e. The van der Waals surface area contributed by atoms with E-state index in [2.05, 4.69) is 42.2 Å². The van der Waals surface area contributed by atoms with Gasteiger partial charge in [0.05, 0.1) is 19.7 Å². The van der Waals surface area contributed by atoms with Gasteiger partial charge in [-0.2, -0.15) is 0 Å². The van der Waals surface area contributed by atoms with E-state index in [1.807, 2.05) is 0 Å². The van der Waals surface area contributed by atoms with Gasteiger partial charge in [0.15, 0.2) is 0 Å². The van der Waals surface area contributed by atoms with Gasteiger partial charge < -0.3 is 5.11 Å². The molecule has 0 spiro atoms. The third-order valence-electron chi connectivity index (χ3n) is 3.49.